The lowest BCUT2D eigenvalue weighted by Crippen LogP contribution is -2.60. The second kappa shape index (κ2) is 55.1. The molecular weight excluding hydrogens is 955 g/mol. The lowest BCUT2D eigenvalue weighted by atomic mass is 9.99. The Hall–Kier alpha value is -1.86. The van der Waals surface area contributed by atoms with Gasteiger partial charge >= 0.3 is 5.97 Å². The maximum absolute atomic E-state index is 13.0. The minimum absolute atomic E-state index is 0.00657. The Bertz CT molecular complexity index is 1310. The van der Waals surface area contributed by atoms with Gasteiger partial charge in [0.1, 0.15) is 24.4 Å². The Morgan fingerprint density at radius 3 is 1.26 bits per heavy atom. The highest BCUT2D eigenvalue weighted by Crippen LogP contribution is 2.23. The zero-order chi connectivity index (χ0) is 55.2. The van der Waals surface area contributed by atoms with Crippen LogP contribution in [-0.4, -0.2) is 100 Å². The minimum atomic E-state index is -1.57. The van der Waals surface area contributed by atoms with E-state index in [1.807, 2.05) is 6.08 Å². The molecule has 0 radical (unpaired) electrons. The monoisotopic (exact) mass is 1080 g/mol. The van der Waals surface area contributed by atoms with Crippen molar-refractivity contribution in [1.82, 2.24) is 5.32 Å². The van der Waals surface area contributed by atoms with Crippen LogP contribution in [0.15, 0.2) is 24.3 Å². The van der Waals surface area contributed by atoms with Crippen molar-refractivity contribution in [1.29, 1.82) is 0 Å². The van der Waals surface area contributed by atoms with Gasteiger partial charge in [0, 0.05) is 12.8 Å². The largest absolute Gasteiger partial charge is 0.466 e. The van der Waals surface area contributed by atoms with Crippen molar-refractivity contribution in [3.63, 3.8) is 0 Å². The summed E-state index contributed by atoms with van der Waals surface area (Å²) in [4.78, 5) is 25.0. The van der Waals surface area contributed by atoms with E-state index in [2.05, 4.69) is 31.3 Å². The van der Waals surface area contributed by atoms with Crippen molar-refractivity contribution < 1.29 is 49.3 Å². The maximum atomic E-state index is 13.0. The number of carbonyl (C=O) groups is 2. The van der Waals surface area contributed by atoms with Crippen LogP contribution in [0, 0.1) is 0 Å². The first kappa shape index (κ1) is 72.2. The summed E-state index contributed by atoms with van der Waals surface area (Å²) in [5.74, 6) is -0.176. The highest BCUT2D eigenvalue weighted by molar-refractivity contribution is 5.76. The van der Waals surface area contributed by atoms with E-state index >= 15 is 0 Å². The van der Waals surface area contributed by atoms with Crippen LogP contribution in [0.1, 0.15) is 316 Å². The standard InChI is InChI=1S/C65H123NO10/c1-3-5-7-9-11-13-32-37-41-45-49-53-61(70)74-54-50-46-42-38-34-31-29-27-25-23-21-19-17-15-14-16-18-20-22-24-26-28-30-33-36-40-44-48-52-60(69)66-57(58(68)51-47-43-39-35-12-10-8-6-4-2)56-75-65-64(73)63(72)62(71)59(55-67)76-65/h14-15,47,51,57-59,62-65,67-68,71-73H,3-13,16-46,48-50,52-56H2,1-2H3,(H,66,69)/b15-14-,51-47+. The fourth-order valence-electron chi connectivity index (χ4n) is 10.4. The van der Waals surface area contributed by atoms with Crippen LogP contribution in [0.4, 0.5) is 0 Å². The Morgan fingerprint density at radius 1 is 0.474 bits per heavy atom. The Kier molecular flexibility index (Phi) is 52.3. The SMILES string of the molecule is CCCCCCCCC/C=C/C(O)C(COC1OC(CO)C(O)C(O)C1O)NC(=O)CCCCCCCCCCCCCC/C=C\CCCCCCCCCCCCCCOC(=O)CCCCCCCCCCCCC. The average molecular weight is 1080 g/mol. The van der Waals surface area contributed by atoms with E-state index in [0.29, 0.717) is 19.4 Å². The summed E-state index contributed by atoms with van der Waals surface area (Å²) in [6.45, 7) is 4.33. The quantitative estimate of drug-likeness (QED) is 0.0195. The number of aliphatic hydroxyl groups is 5. The van der Waals surface area contributed by atoms with E-state index in [4.69, 9.17) is 14.2 Å². The molecule has 0 aromatic carbocycles. The number of carbonyl (C=O) groups excluding carboxylic acids is 2. The van der Waals surface area contributed by atoms with Gasteiger partial charge in [-0.05, 0) is 57.8 Å². The molecule has 0 aromatic rings. The molecule has 0 bridgehead atoms. The summed E-state index contributed by atoms with van der Waals surface area (Å²) < 4.78 is 16.7. The van der Waals surface area contributed by atoms with Gasteiger partial charge in [-0.15, -0.1) is 0 Å². The third-order valence-corrected chi connectivity index (χ3v) is 15.6. The van der Waals surface area contributed by atoms with Crippen LogP contribution < -0.4 is 5.32 Å². The Labute approximate surface area is 467 Å². The van der Waals surface area contributed by atoms with Gasteiger partial charge in [-0.25, -0.2) is 0 Å². The van der Waals surface area contributed by atoms with Gasteiger partial charge in [-0.1, -0.05) is 269 Å². The third kappa shape index (κ3) is 44.0. The lowest BCUT2D eigenvalue weighted by molar-refractivity contribution is -0.302. The van der Waals surface area contributed by atoms with Gasteiger partial charge in [0.2, 0.25) is 5.91 Å². The zero-order valence-electron chi connectivity index (χ0n) is 49.5. The second-order valence-corrected chi connectivity index (χ2v) is 22.8. The van der Waals surface area contributed by atoms with E-state index in [1.165, 1.54) is 231 Å². The van der Waals surface area contributed by atoms with Gasteiger partial charge < -0.3 is 45.1 Å². The number of unbranched alkanes of at least 4 members (excludes halogenated alkanes) is 41. The van der Waals surface area contributed by atoms with Gasteiger partial charge in [0.05, 0.1) is 32.0 Å². The van der Waals surface area contributed by atoms with Crippen LogP contribution in [-0.2, 0) is 23.8 Å². The molecule has 1 aliphatic rings. The summed E-state index contributed by atoms with van der Waals surface area (Å²) >= 11 is 0. The number of hydrogen-bond donors (Lipinski definition) is 6. The van der Waals surface area contributed by atoms with E-state index in [0.717, 1.165) is 57.8 Å². The van der Waals surface area contributed by atoms with Crippen LogP contribution >= 0.6 is 0 Å². The molecule has 0 aromatic heterocycles. The average Bonchev–Trinajstić information content (AvgIpc) is 3.42. The number of allylic oxidation sites excluding steroid dienone is 3. The van der Waals surface area contributed by atoms with Crippen molar-refractivity contribution in [2.45, 2.75) is 358 Å². The summed E-state index contributed by atoms with van der Waals surface area (Å²) in [5.41, 5.74) is 0. The number of rotatable bonds is 57. The van der Waals surface area contributed by atoms with Crippen molar-refractivity contribution in [2.75, 3.05) is 19.8 Å². The molecule has 6 N–H and O–H groups in total. The molecule has 11 nitrogen and oxygen atoms in total. The maximum Gasteiger partial charge on any atom is 0.305 e. The second-order valence-electron chi connectivity index (χ2n) is 22.8. The lowest BCUT2D eigenvalue weighted by Gasteiger charge is -2.40. The predicted molar refractivity (Wildman–Crippen MR) is 315 cm³/mol. The molecule has 7 atom stereocenters. The number of amides is 1. The summed E-state index contributed by atoms with van der Waals surface area (Å²) in [7, 11) is 0. The smallest absolute Gasteiger partial charge is 0.305 e. The molecule has 1 saturated heterocycles. The highest BCUT2D eigenvalue weighted by atomic mass is 16.7. The molecule has 0 saturated carbocycles. The van der Waals surface area contributed by atoms with E-state index < -0.39 is 49.5 Å². The summed E-state index contributed by atoms with van der Waals surface area (Å²) in [5, 5.41) is 54.2. The molecule has 0 spiro atoms. The first-order valence-electron chi connectivity index (χ1n) is 32.6. The van der Waals surface area contributed by atoms with Crippen molar-refractivity contribution in [2.24, 2.45) is 0 Å². The molecule has 1 amide bonds. The molecule has 76 heavy (non-hydrogen) atoms. The fraction of sp³-hybridized carbons (Fsp3) is 0.908. The van der Waals surface area contributed by atoms with Crippen molar-refractivity contribution in [3.8, 4) is 0 Å². The molecule has 1 aliphatic heterocycles. The van der Waals surface area contributed by atoms with E-state index in [-0.39, 0.29) is 18.5 Å². The van der Waals surface area contributed by atoms with Crippen molar-refractivity contribution in [3.05, 3.63) is 24.3 Å². The number of hydrogen-bond acceptors (Lipinski definition) is 10. The van der Waals surface area contributed by atoms with Gasteiger partial charge in [0.15, 0.2) is 6.29 Å². The number of nitrogens with one attached hydrogen (secondary N) is 1. The molecule has 1 fully saturated rings. The first-order chi connectivity index (χ1) is 37.2. The van der Waals surface area contributed by atoms with E-state index in [9.17, 15) is 35.1 Å². The third-order valence-electron chi connectivity index (χ3n) is 15.6. The van der Waals surface area contributed by atoms with Crippen LogP contribution in [0.2, 0.25) is 0 Å². The fourth-order valence-corrected chi connectivity index (χ4v) is 10.4. The molecular formula is C65H123NO10. The zero-order valence-corrected chi connectivity index (χ0v) is 49.5. The Balaban J connectivity index is 1.96. The van der Waals surface area contributed by atoms with Gasteiger partial charge in [-0.2, -0.15) is 0 Å². The normalized spacial score (nSPS) is 18.8. The number of aliphatic hydroxyl groups excluding tert-OH is 5. The van der Waals surface area contributed by atoms with Crippen LogP contribution in [0.5, 0.6) is 0 Å². The van der Waals surface area contributed by atoms with Crippen LogP contribution in [0.25, 0.3) is 0 Å². The molecule has 7 unspecified atom stereocenters. The Morgan fingerprint density at radius 2 is 0.842 bits per heavy atom. The van der Waals surface area contributed by atoms with Crippen LogP contribution in [0.3, 0.4) is 0 Å². The topological polar surface area (TPSA) is 175 Å². The summed E-state index contributed by atoms with van der Waals surface area (Å²) in [6.07, 6.45) is 57.4. The number of esters is 1. The molecule has 11 heteroatoms. The molecule has 448 valence electrons. The highest BCUT2D eigenvalue weighted by Gasteiger charge is 2.44. The predicted octanol–water partition coefficient (Wildman–Crippen LogP) is 15.7. The minimum Gasteiger partial charge on any atom is -0.466 e. The summed E-state index contributed by atoms with van der Waals surface area (Å²) in [6, 6.07) is -0.808. The van der Waals surface area contributed by atoms with Gasteiger partial charge in [0.25, 0.3) is 0 Å². The molecule has 1 heterocycles. The van der Waals surface area contributed by atoms with Crippen molar-refractivity contribution >= 4 is 11.9 Å². The molecule has 0 aliphatic carbocycles. The molecule has 1 rings (SSSR count). The van der Waals surface area contributed by atoms with E-state index in [1.54, 1.807) is 6.08 Å². The number of ether oxygens (including phenoxy) is 3. The first-order valence-corrected chi connectivity index (χ1v) is 32.6. The van der Waals surface area contributed by atoms with Gasteiger partial charge in [-0.3, -0.25) is 9.59 Å².